The van der Waals surface area contributed by atoms with Gasteiger partial charge >= 0.3 is 0 Å². The van der Waals surface area contributed by atoms with E-state index < -0.39 is 5.79 Å². The summed E-state index contributed by atoms with van der Waals surface area (Å²) in [4.78, 5) is 14.9. The summed E-state index contributed by atoms with van der Waals surface area (Å²) >= 11 is 0. The molecule has 0 saturated carbocycles. The number of anilines is 1. The lowest BCUT2D eigenvalue weighted by molar-refractivity contribution is -0.289. The molecule has 1 N–H and O–H groups in total. The SMILES string of the molecule is CCCCNC(=O)C[C@H]1C[C@@H](/C=C/C2C(c3ccc(F)cc3)c3ccccc3N2C(C)C)OC(C)(C)O1. The topological polar surface area (TPSA) is 50.8 Å². The first-order valence-electron chi connectivity index (χ1n) is 13.6. The zero-order valence-electron chi connectivity index (χ0n) is 22.7. The maximum Gasteiger partial charge on any atom is 0.222 e. The molecule has 2 aromatic rings. The number of carbonyl (C=O) groups excluding carboxylic acids is 1. The van der Waals surface area contributed by atoms with Crippen LogP contribution >= 0.6 is 0 Å². The second kappa shape index (κ2) is 11.8. The fourth-order valence-electron chi connectivity index (χ4n) is 5.68. The van der Waals surface area contributed by atoms with Gasteiger partial charge in [-0.05, 0) is 63.4 Å². The van der Waals surface area contributed by atoms with Gasteiger partial charge in [0.25, 0.3) is 0 Å². The summed E-state index contributed by atoms with van der Waals surface area (Å²) in [6, 6.07) is 15.7. The van der Waals surface area contributed by atoms with Gasteiger partial charge in [-0.1, -0.05) is 55.8 Å². The van der Waals surface area contributed by atoms with Gasteiger partial charge in [-0.2, -0.15) is 0 Å². The molecule has 4 rings (SSSR count). The number of nitrogens with one attached hydrogen (secondary N) is 1. The predicted molar refractivity (Wildman–Crippen MR) is 146 cm³/mol. The van der Waals surface area contributed by atoms with E-state index in [0.717, 1.165) is 18.4 Å². The Balaban J connectivity index is 1.57. The number of fused-ring (bicyclic) bond motifs is 1. The number of ether oxygens (including phenoxy) is 2. The Hall–Kier alpha value is -2.70. The Bertz CT molecular complexity index is 1080. The maximum atomic E-state index is 13.8. The first kappa shape index (κ1) is 27.3. The van der Waals surface area contributed by atoms with E-state index in [1.807, 2.05) is 26.0 Å². The van der Waals surface area contributed by atoms with E-state index in [0.29, 0.717) is 19.4 Å². The number of para-hydroxylation sites is 1. The van der Waals surface area contributed by atoms with Gasteiger partial charge in [-0.15, -0.1) is 0 Å². The van der Waals surface area contributed by atoms with Crippen LogP contribution in [0.1, 0.15) is 77.3 Å². The Kier molecular flexibility index (Phi) is 8.71. The predicted octanol–water partition coefficient (Wildman–Crippen LogP) is 6.33. The first-order chi connectivity index (χ1) is 17.7. The Morgan fingerprint density at radius 3 is 2.57 bits per heavy atom. The van der Waals surface area contributed by atoms with Gasteiger partial charge in [0.1, 0.15) is 5.82 Å². The van der Waals surface area contributed by atoms with E-state index in [-0.39, 0.29) is 41.9 Å². The molecule has 4 atom stereocenters. The Labute approximate surface area is 221 Å². The summed E-state index contributed by atoms with van der Waals surface area (Å²) in [5.74, 6) is -0.921. The van der Waals surface area contributed by atoms with E-state index in [9.17, 15) is 9.18 Å². The third kappa shape index (κ3) is 6.60. The molecule has 0 aliphatic carbocycles. The molecule has 1 saturated heterocycles. The van der Waals surface area contributed by atoms with Gasteiger partial charge in [0.05, 0.1) is 24.7 Å². The van der Waals surface area contributed by atoms with Crippen LogP contribution in [0.3, 0.4) is 0 Å². The molecule has 0 bridgehead atoms. The molecule has 2 aromatic carbocycles. The van der Waals surface area contributed by atoms with Crippen molar-refractivity contribution in [2.24, 2.45) is 0 Å². The summed E-state index contributed by atoms with van der Waals surface area (Å²) in [6.45, 7) is 11.0. The number of carbonyl (C=O) groups is 1. The van der Waals surface area contributed by atoms with Crippen LogP contribution in [0.15, 0.2) is 60.7 Å². The third-order valence-corrected chi connectivity index (χ3v) is 7.17. The summed E-state index contributed by atoms with van der Waals surface area (Å²) in [6.07, 6.45) is 6.94. The fraction of sp³-hybridized carbons (Fsp3) is 0.516. The molecule has 2 aliphatic rings. The van der Waals surface area contributed by atoms with Gasteiger partial charge in [0.15, 0.2) is 5.79 Å². The number of amides is 1. The lowest BCUT2D eigenvalue weighted by Crippen LogP contribution is -2.46. The smallest absolute Gasteiger partial charge is 0.222 e. The van der Waals surface area contributed by atoms with E-state index in [4.69, 9.17) is 9.47 Å². The number of halogens is 1. The molecule has 2 aliphatic heterocycles. The molecular formula is C31H41FN2O3. The van der Waals surface area contributed by atoms with Crippen molar-refractivity contribution in [3.8, 4) is 0 Å². The summed E-state index contributed by atoms with van der Waals surface area (Å²) < 4.78 is 26.1. The molecule has 1 fully saturated rings. The van der Waals surface area contributed by atoms with Crippen molar-refractivity contribution in [1.82, 2.24) is 5.32 Å². The summed E-state index contributed by atoms with van der Waals surface area (Å²) in [7, 11) is 0. The number of hydrogen-bond donors (Lipinski definition) is 1. The average Bonchev–Trinajstić information content (AvgIpc) is 3.17. The number of hydrogen-bond acceptors (Lipinski definition) is 4. The maximum absolute atomic E-state index is 13.8. The van der Waals surface area contributed by atoms with Crippen LogP contribution < -0.4 is 10.2 Å². The van der Waals surface area contributed by atoms with Crippen molar-refractivity contribution in [2.45, 2.75) is 96.3 Å². The number of rotatable bonds is 9. The molecule has 2 unspecified atom stereocenters. The van der Waals surface area contributed by atoms with Crippen molar-refractivity contribution >= 4 is 11.6 Å². The van der Waals surface area contributed by atoms with Crippen molar-refractivity contribution in [2.75, 3.05) is 11.4 Å². The van der Waals surface area contributed by atoms with Crippen LogP contribution in [0, 0.1) is 5.82 Å². The molecular weight excluding hydrogens is 467 g/mol. The molecule has 37 heavy (non-hydrogen) atoms. The van der Waals surface area contributed by atoms with Crippen LogP contribution in [0.5, 0.6) is 0 Å². The van der Waals surface area contributed by atoms with Crippen LogP contribution in [0.25, 0.3) is 0 Å². The molecule has 2 heterocycles. The van der Waals surface area contributed by atoms with Crippen LogP contribution in [-0.4, -0.2) is 42.5 Å². The van der Waals surface area contributed by atoms with Crippen molar-refractivity contribution in [3.05, 3.63) is 77.6 Å². The molecule has 0 radical (unpaired) electrons. The Morgan fingerprint density at radius 1 is 1.14 bits per heavy atom. The van der Waals surface area contributed by atoms with E-state index >= 15 is 0 Å². The highest BCUT2D eigenvalue weighted by molar-refractivity contribution is 5.76. The van der Waals surface area contributed by atoms with Crippen molar-refractivity contribution in [1.29, 1.82) is 0 Å². The van der Waals surface area contributed by atoms with Gasteiger partial charge < -0.3 is 19.7 Å². The van der Waals surface area contributed by atoms with Gasteiger partial charge in [-0.3, -0.25) is 4.79 Å². The fourth-order valence-corrected chi connectivity index (χ4v) is 5.68. The van der Waals surface area contributed by atoms with Crippen LogP contribution in [-0.2, 0) is 14.3 Å². The minimum absolute atomic E-state index is 0.0208. The first-order valence-corrected chi connectivity index (χ1v) is 13.6. The highest BCUT2D eigenvalue weighted by Gasteiger charge is 2.40. The molecule has 0 spiro atoms. The lowest BCUT2D eigenvalue weighted by Gasteiger charge is -2.40. The summed E-state index contributed by atoms with van der Waals surface area (Å²) in [5.41, 5.74) is 3.53. The van der Waals surface area contributed by atoms with Crippen molar-refractivity contribution in [3.63, 3.8) is 0 Å². The molecule has 6 heteroatoms. The molecule has 200 valence electrons. The van der Waals surface area contributed by atoms with Crippen molar-refractivity contribution < 1.29 is 18.7 Å². The van der Waals surface area contributed by atoms with E-state index in [1.165, 1.54) is 23.4 Å². The monoisotopic (exact) mass is 508 g/mol. The highest BCUT2D eigenvalue weighted by Crippen LogP contribution is 2.46. The number of unbranched alkanes of at least 4 members (excludes halogenated alkanes) is 1. The largest absolute Gasteiger partial charge is 0.361 e. The third-order valence-electron chi connectivity index (χ3n) is 7.17. The molecule has 0 aromatic heterocycles. The highest BCUT2D eigenvalue weighted by atomic mass is 19.1. The van der Waals surface area contributed by atoms with E-state index in [2.05, 4.69) is 67.4 Å². The Morgan fingerprint density at radius 2 is 1.86 bits per heavy atom. The second-order valence-corrected chi connectivity index (χ2v) is 10.9. The van der Waals surface area contributed by atoms with Crippen LogP contribution in [0.2, 0.25) is 0 Å². The zero-order chi connectivity index (χ0) is 26.6. The van der Waals surface area contributed by atoms with Gasteiger partial charge in [-0.25, -0.2) is 4.39 Å². The number of benzene rings is 2. The van der Waals surface area contributed by atoms with Gasteiger partial charge in [0.2, 0.25) is 5.91 Å². The molecule has 5 nitrogen and oxygen atoms in total. The molecule has 1 amide bonds. The van der Waals surface area contributed by atoms with E-state index in [1.54, 1.807) is 0 Å². The minimum atomic E-state index is -0.783. The quantitative estimate of drug-likeness (QED) is 0.318. The number of nitrogens with zero attached hydrogens (tertiary/aromatic N) is 1. The van der Waals surface area contributed by atoms with Gasteiger partial charge in [0, 0.05) is 30.6 Å². The average molecular weight is 509 g/mol. The summed E-state index contributed by atoms with van der Waals surface area (Å²) in [5, 5.41) is 2.99. The zero-order valence-corrected chi connectivity index (χ0v) is 22.7. The second-order valence-electron chi connectivity index (χ2n) is 10.9. The lowest BCUT2D eigenvalue weighted by atomic mass is 9.87. The normalized spacial score (nSPS) is 25.0. The minimum Gasteiger partial charge on any atom is -0.361 e. The van der Waals surface area contributed by atoms with Crippen LogP contribution in [0.4, 0.5) is 10.1 Å². The standard InChI is InChI=1S/C31H41FN2O3/c1-6-7-18-33-29(35)20-25-19-24(36-31(4,5)37-25)16-17-28-30(22-12-14-23(32)15-13-22)26-10-8-9-11-27(26)34(28)21(2)3/h8-17,21,24-25,28,30H,6-7,18-20H2,1-5H3,(H,33,35)/b17-16+/t24-,25-,28?,30?/m1/s1.